The number of carbonyl (C=O) groups is 2. The average Bonchev–Trinajstić information content (AvgIpc) is 2.64. The maximum absolute atomic E-state index is 11.8. The van der Waals surface area contributed by atoms with Crippen LogP contribution in [0, 0.1) is 0 Å². The van der Waals surface area contributed by atoms with Gasteiger partial charge in [-0.3, -0.25) is 9.48 Å². The highest BCUT2D eigenvalue weighted by molar-refractivity contribution is 6.41. The van der Waals surface area contributed by atoms with Crippen LogP contribution in [0.3, 0.4) is 0 Å². The van der Waals surface area contributed by atoms with Crippen LogP contribution < -0.4 is 0 Å². The Morgan fingerprint density at radius 2 is 2.17 bits per heavy atom. The van der Waals surface area contributed by atoms with Gasteiger partial charge >= 0.3 is 5.97 Å². The third-order valence-electron chi connectivity index (χ3n) is 2.53. The van der Waals surface area contributed by atoms with Gasteiger partial charge in [-0.15, -0.1) is 0 Å². The van der Waals surface area contributed by atoms with Crippen LogP contribution in [0.2, 0.25) is 5.15 Å². The summed E-state index contributed by atoms with van der Waals surface area (Å²) in [6, 6.07) is 4.78. The van der Waals surface area contributed by atoms with Crippen molar-refractivity contribution >= 4 is 34.3 Å². The SMILES string of the molecule is CCOC(=O)C(=O)c1ccc2c(Cl)nn(C)c2c1. The quantitative estimate of drug-likeness (QED) is 0.484. The van der Waals surface area contributed by atoms with Crippen molar-refractivity contribution in [2.45, 2.75) is 6.92 Å². The van der Waals surface area contributed by atoms with Crippen molar-refractivity contribution in [1.82, 2.24) is 9.78 Å². The molecule has 1 heterocycles. The van der Waals surface area contributed by atoms with Crippen molar-refractivity contribution < 1.29 is 14.3 Å². The molecule has 0 spiro atoms. The molecule has 5 nitrogen and oxygen atoms in total. The Kier molecular flexibility index (Phi) is 3.34. The van der Waals surface area contributed by atoms with Crippen LogP contribution in [0.5, 0.6) is 0 Å². The van der Waals surface area contributed by atoms with Crippen molar-refractivity contribution in [3.8, 4) is 0 Å². The fraction of sp³-hybridized carbons (Fsp3) is 0.250. The highest BCUT2D eigenvalue weighted by Crippen LogP contribution is 2.23. The molecular formula is C12H11ClN2O3. The maximum Gasteiger partial charge on any atom is 0.379 e. The third kappa shape index (κ3) is 2.09. The van der Waals surface area contributed by atoms with Gasteiger partial charge in [0, 0.05) is 18.0 Å². The van der Waals surface area contributed by atoms with E-state index in [-0.39, 0.29) is 12.2 Å². The molecule has 1 aromatic heterocycles. The zero-order valence-corrected chi connectivity index (χ0v) is 10.7. The number of benzene rings is 1. The molecule has 0 saturated heterocycles. The van der Waals surface area contributed by atoms with Crippen molar-refractivity contribution in [2.24, 2.45) is 7.05 Å². The number of ether oxygens (including phenoxy) is 1. The molecule has 0 aliphatic heterocycles. The fourth-order valence-electron chi connectivity index (χ4n) is 1.67. The van der Waals surface area contributed by atoms with Gasteiger partial charge in [-0.2, -0.15) is 5.10 Å². The minimum absolute atomic E-state index is 0.171. The Labute approximate surface area is 108 Å². The van der Waals surface area contributed by atoms with Gasteiger partial charge in [-0.05, 0) is 25.1 Å². The number of fused-ring (bicyclic) bond motifs is 1. The Morgan fingerprint density at radius 3 is 2.83 bits per heavy atom. The van der Waals surface area contributed by atoms with Gasteiger partial charge in [0.15, 0.2) is 5.15 Å². The van der Waals surface area contributed by atoms with Crippen LogP contribution >= 0.6 is 11.6 Å². The van der Waals surface area contributed by atoms with E-state index in [1.807, 2.05) is 0 Å². The number of hydrogen-bond donors (Lipinski definition) is 0. The topological polar surface area (TPSA) is 61.2 Å². The summed E-state index contributed by atoms with van der Waals surface area (Å²) in [6.45, 7) is 1.82. The van der Waals surface area contributed by atoms with Crippen molar-refractivity contribution in [3.63, 3.8) is 0 Å². The van der Waals surface area contributed by atoms with E-state index >= 15 is 0 Å². The summed E-state index contributed by atoms with van der Waals surface area (Å²) in [6.07, 6.45) is 0. The zero-order chi connectivity index (χ0) is 13.3. The lowest BCUT2D eigenvalue weighted by Gasteiger charge is -2.01. The van der Waals surface area contributed by atoms with Crippen LogP contribution in [-0.4, -0.2) is 28.1 Å². The van der Waals surface area contributed by atoms with Gasteiger partial charge in [0.25, 0.3) is 5.78 Å². The molecule has 0 amide bonds. The highest BCUT2D eigenvalue weighted by Gasteiger charge is 2.18. The maximum atomic E-state index is 11.8. The molecule has 0 atom stereocenters. The average molecular weight is 267 g/mol. The first kappa shape index (κ1) is 12.6. The molecule has 0 aliphatic rings. The highest BCUT2D eigenvalue weighted by atomic mass is 35.5. The number of rotatable bonds is 3. The number of Topliss-reactive ketones (excluding diaryl/α,β-unsaturated/α-hetero) is 1. The second kappa shape index (κ2) is 4.78. The lowest BCUT2D eigenvalue weighted by molar-refractivity contribution is -0.137. The predicted octanol–water partition coefficient (Wildman–Crippen LogP) is 1.97. The normalized spacial score (nSPS) is 10.6. The molecule has 0 unspecified atom stereocenters. The van der Waals surface area contributed by atoms with Crippen LogP contribution in [0.25, 0.3) is 10.9 Å². The number of aryl methyl sites for hydroxylation is 1. The van der Waals surface area contributed by atoms with Crippen molar-refractivity contribution in [1.29, 1.82) is 0 Å². The van der Waals surface area contributed by atoms with Gasteiger partial charge < -0.3 is 4.74 Å². The summed E-state index contributed by atoms with van der Waals surface area (Å²) in [5.41, 5.74) is 0.954. The third-order valence-corrected chi connectivity index (χ3v) is 2.81. The van der Waals surface area contributed by atoms with E-state index in [0.717, 1.165) is 5.39 Å². The second-order valence-electron chi connectivity index (χ2n) is 3.70. The molecule has 0 radical (unpaired) electrons. The Hall–Kier alpha value is -1.88. The van der Waals surface area contributed by atoms with E-state index in [0.29, 0.717) is 10.7 Å². The lowest BCUT2D eigenvalue weighted by Crippen LogP contribution is -2.17. The fourth-order valence-corrected chi connectivity index (χ4v) is 1.94. The molecule has 0 N–H and O–H groups in total. The first-order valence-electron chi connectivity index (χ1n) is 5.38. The number of hydrogen-bond acceptors (Lipinski definition) is 4. The molecule has 2 rings (SSSR count). The van der Waals surface area contributed by atoms with E-state index in [1.54, 1.807) is 30.8 Å². The Bertz CT molecular complexity index is 634. The first-order valence-corrected chi connectivity index (χ1v) is 5.76. The molecule has 0 bridgehead atoms. The molecule has 0 saturated carbocycles. The summed E-state index contributed by atoms with van der Waals surface area (Å²) >= 11 is 5.91. The lowest BCUT2D eigenvalue weighted by atomic mass is 10.1. The zero-order valence-electron chi connectivity index (χ0n) is 9.94. The van der Waals surface area contributed by atoms with E-state index in [1.165, 1.54) is 6.07 Å². The van der Waals surface area contributed by atoms with Gasteiger partial charge in [0.05, 0.1) is 12.1 Å². The molecule has 6 heteroatoms. The first-order chi connectivity index (χ1) is 8.54. The van der Waals surface area contributed by atoms with Gasteiger partial charge in [0.2, 0.25) is 0 Å². The monoisotopic (exact) mass is 266 g/mol. The minimum atomic E-state index is -0.856. The van der Waals surface area contributed by atoms with E-state index in [4.69, 9.17) is 11.6 Å². The van der Waals surface area contributed by atoms with E-state index in [9.17, 15) is 9.59 Å². The minimum Gasteiger partial charge on any atom is -0.460 e. The predicted molar refractivity (Wildman–Crippen MR) is 66.7 cm³/mol. The van der Waals surface area contributed by atoms with E-state index in [2.05, 4.69) is 9.84 Å². The molecule has 1 aromatic carbocycles. The molecule has 0 aliphatic carbocycles. The summed E-state index contributed by atoms with van der Waals surface area (Å²) in [5, 5.41) is 5.13. The Balaban J connectivity index is 2.44. The van der Waals surface area contributed by atoms with E-state index < -0.39 is 11.8 Å². The molecule has 0 fully saturated rings. The van der Waals surface area contributed by atoms with Crippen molar-refractivity contribution in [3.05, 3.63) is 28.9 Å². The molecule has 2 aromatic rings. The molecule has 94 valence electrons. The summed E-state index contributed by atoms with van der Waals surface area (Å²) in [7, 11) is 1.72. The number of ketones is 1. The van der Waals surface area contributed by atoms with Gasteiger partial charge in [-0.1, -0.05) is 11.6 Å². The Morgan fingerprint density at radius 1 is 1.44 bits per heavy atom. The summed E-state index contributed by atoms with van der Waals surface area (Å²) < 4.78 is 6.22. The summed E-state index contributed by atoms with van der Waals surface area (Å²) in [5.74, 6) is -1.53. The second-order valence-corrected chi connectivity index (χ2v) is 4.05. The summed E-state index contributed by atoms with van der Waals surface area (Å²) in [4.78, 5) is 23.1. The number of nitrogens with zero attached hydrogens (tertiary/aromatic N) is 2. The van der Waals surface area contributed by atoms with Crippen LogP contribution in [-0.2, 0) is 16.6 Å². The van der Waals surface area contributed by atoms with Gasteiger partial charge in [0.1, 0.15) is 0 Å². The standard InChI is InChI=1S/C12H11ClN2O3/c1-3-18-12(17)10(16)7-4-5-8-9(6-7)15(2)14-11(8)13/h4-6H,3H2,1-2H3. The smallest absolute Gasteiger partial charge is 0.379 e. The van der Waals surface area contributed by atoms with Crippen LogP contribution in [0.15, 0.2) is 18.2 Å². The number of esters is 1. The van der Waals surface area contributed by atoms with Crippen molar-refractivity contribution in [2.75, 3.05) is 6.61 Å². The molecule has 18 heavy (non-hydrogen) atoms. The van der Waals surface area contributed by atoms with Crippen LogP contribution in [0.4, 0.5) is 0 Å². The number of carbonyl (C=O) groups excluding carboxylic acids is 2. The largest absolute Gasteiger partial charge is 0.460 e. The van der Waals surface area contributed by atoms with Gasteiger partial charge in [-0.25, -0.2) is 4.79 Å². The molecular weight excluding hydrogens is 256 g/mol. The van der Waals surface area contributed by atoms with Crippen LogP contribution in [0.1, 0.15) is 17.3 Å². The number of aromatic nitrogens is 2. The number of halogens is 1.